The van der Waals surface area contributed by atoms with Gasteiger partial charge in [-0.1, -0.05) is 11.6 Å². The van der Waals surface area contributed by atoms with Crippen molar-refractivity contribution in [3.63, 3.8) is 0 Å². The predicted octanol–water partition coefficient (Wildman–Crippen LogP) is 2.89. The van der Waals surface area contributed by atoms with Crippen molar-refractivity contribution in [2.45, 2.75) is 0 Å². The lowest BCUT2D eigenvalue weighted by atomic mass is 10.3. The van der Waals surface area contributed by atoms with E-state index in [-0.39, 0.29) is 12.8 Å². The van der Waals surface area contributed by atoms with Gasteiger partial charge in [-0.2, -0.15) is 0 Å². The van der Waals surface area contributed by atoms with Gasteiger partial charge in [-0.3, -0.25) is 4.98 Å². The quantitative estimate of drug-likeness (QED) is 0.845. The zero-order valence-electron chi connectivity index (χ0n) is 9.97. The summed E-state index contributed by atoms with van der Waals surface area (Å²) in [7, 11) is 0. The van der Waals surface area contributed by atoms with Crippen molar-refractivity contribution < 1.29 is 9.53 Å². The van der Waals surface area contributed by atoms with Gasteiger partial charge in [-0.15, -0.1) is 0 Å². The second kappa shape index (κ2) is 6.61. The number of aromatic nitrogens is 1. The lowest BCUT2D eigenvalue weighted by Crippen LogP contribution is -2.32. The minimum absolute atomic E-state index is 0.0632. The first-order chi connectivity index (χ1) is 9.24. The number of pyridine rings is 1. The Morgan fingerprint density at radius 3 is 2.74 bits per heavy atom. The second-order valence-corrected chi connectivity index (χ2v) is 4.05. The fraction of sp³-hybridized carbons (Fsp3) is 0.0769. The van der Waals surface area contributed by atoms with Crippen LogP contribution in [0.15, 0.2) is 48.8 Å². The predicted molar refractivity (Wildman–Crippen MR) is 73.3 cm³/mol. The van der Waals surface area contributed by atoms with Crippen LogP contribution in [-0.4, -0.2) is 17.7 Å². The summed E-state index contributed by atoms with van der Waals surface area (Å²) in [5, 5.41) is 5.82. The molecule has 0 aliphatic rings. The van der Waals surface area contributed by atoms with Crippen LogP contribution >= 0.6 is 11.6 Å². The van der Waals surface area contributed by atoms with Gasteiger partial charge < -0.3 is 15.4 Å². The van der Waals surface area contributed by atoms with Gasteiger partial charge >= 0.3 is 6.03 Å². The first-order valence-corrected chi connectivity index (χ1v) is 5.95. The van der Waals surface area contributed by atoms with E-state index >= 15 is 0 Å². The Labute approximate surface area is 115 Å². The van der Waals surface area contributed by atoms with Crippen LogP contribution in [0.25, 0.3) is 0 Å². The summed E-state index contributed by atoms with van der Waals surface area (Å²) in [6.07, 6.45) is 3.19. The molecule has 1 heterocycles. The largest absolute Gasteiger partial charge is 0.473 e. The number of nitrogens with one attached hydrogen (secondary N) is 2. The van der Waals surface area contributed by atoms with E-state index in [2.05, 4.69) is 15.6 Å². The molecule has 2 rings (SSSR count). The van der Waals surface area contributed by atoms with Crippen molar-refractivity contribution in [1.82, 2.24) is 10.3 Å². The van der Waals surface area contributed by atoms with E-state index in [9.17, 15) is 4.79 Å². The molecule has 0 bridgehead atoms. The normalized spacial score (nSPS) is 9.74. The van der Waals surface area contributed by atoms with Gasteiger partial charge in [0.05, 0.1) is 11.9 Å². The van der Waals surface area contributed by atoms with E-state index < -0.39 is 0 Å². The molecule has 2 amide bonds. The molecule has 0 aliphatic carbocycles. The minimum atomic E-state index is -0.359. The number of carbonyl (C=O) groups is 1. The number of hydrogen-bond donors (Lipinski definition) is 2. The highest BCUT2D eigenvalue weighted by atomic mass is 35.5. The number of amides is 2. The van der Waals surface area contributed by atoms with Crippen molar-refractivity contribution in [3.05, 3.63) is 53.8 Å². The minimum Gasteiger partial charge on any atom is -0.473 e. The lowest BCUT2D eigenvalue weighted by Gasteiger charge is -2.09. The Balaban J connectivity index is 1.74. The van der Waals surface area contributed by atoms with Crippen LogP contribution in [0.2, 0.25) is 5.02 Å². The highest BCUT2D eigenvalue weighted by molar-refractivity contribution is 6.30. The highest BCUT2D eigenvalue weighted by Crippen LogP contribution is 2.14. The maximum atomic E-state index is 11.5. The number of halogens is 1. The van der Waals surface area contributed by atoms with Crippen molar-refractivity contribution in [1.29, 1.82) is 0 Å². The molecule has 0 unspecified atom stereocenters. The first kappa shape index (κ1) is 13.2. The number of anilines is 1. The summed E-state index contributed by atoms with van der Waals surface area (Å²) in [4.78, 5) is 15.4. The molecule has 98 valence electrons. The summed E-state index contributed by atoms with van der Waals surface area (Å²) in [6, 6.07) is 10.00. The van der Waals surface area contributed by atoms with E-state index in [0.29, 0.717) is 16.5 Å². The zero-order chi connectivity index (χ0) is 13.5. The number of nitrogens with zero attached hydrogens (tertiary/aromatic N) is 1. The average Bonchev–Trinajstić information content (AvgIpc) is 2.42. The molecule has 2 N–H and O–H groups in total. The van der Waals surface area contributed by atoms with E-state index in [1.54, 1.807) is 48.8 Å². The molecule has 0 atom stereocenters. The fourth-order valence-corrected chi connectivity index (χ4v) is 1.45. The third kappa shape index (κ3) is 4.48. The summed E-state index contributed by atoms with van der Waals surface area (Å²) in [5.41, 5.74) is 0.617. The number of carbonyl (C=O) groups excluding carboxylic acids is 1. The van der Waals surface area contributed by atoms with Crippen LogP contribution in [0.5, 0.6) is 5.75 Å². The molecule has 0 spiro atoms. The molecule has 0 radical (unpaired) electrons. The topological polar surface area (TPSA) is 63.2 Å². The molecule has 0 aliphatic heterocycles. The van der Waals surface area contributed by atoms with Crippen molar-refractivity contribution in [2.24, 2.45) is 0 Å². The van der Waals surface area contributed by atoms with Crippen LogP contribution in [0, 0.1) is 0 Å². The van der Waals surface area contributed by atoms with Crippen molar-refractivity contribution in [2.75, 3.05) is 12.0 Å². The maximum absolute atomic E-state index is 11.5. The summed E-state index contributed by atoms with van der Waals surface area (Å²) >= 11 is 5.75. The van der Waals surface area contributed by atoms with Crippen LogP contribution in [0.4, 0.5) is 10.5 Å². The molecular formula is C13H12ClN3O2. The third-order valence-corrected chi connectivity index (χ3v) is 2.46. The number of benzene rings is 1. The molecule has 1 aromatic heterocycles. The molecule has 2 aromatic rings. The molecule has 0 saturated heterocycles. The molecule has 1 aromatic carbocycles. The molecular weight excluding hydrogens is 266 g/mol. The van der Waals surface area contributed by atoms with E-state index in [1.807, 2.05) is 0 Å². The average molecular weight is 278 g/mol. The Bertz CT molecular complexity index is 531. The molecule has 19 heavy (non-hydrogen) atoms. The third-order valence-electron chi connectivity index (χ3n) is 2.20. The zero-order valence-corrected chi connectivity index (χ0v) is 10.7. The SMILES string of the molecule is O=C(NCOc1ccc(Cl)cc1)Nc1cccnc1. The molecule has 0 saturated carbocycles. The van der Waals surface area contributed by atoms with Crippen LogP contribution in [-0.2, 0) is 0 Å². The molecule has 6 heteroatoms. The number of ether oxygens (including phenoxy) is 1. The fourth-order valence-electron chi connectivity index (χ4n) is 1.33. The number of rotatable bonds is 4. The van der Waals surface area contributed by atoms with E-state index in [1.165, 1.54) is 0 Å². The number of hydrogen-bond acceptors (Lipinski definition) is 3. The first-order valence-electron chi connectivity index (χ1n) is 5.57. The highest BCUT2D eigenvalue weighted by Gasteiger charge is 2.00. The summed E-state index contributed by atoms with van der Waals surface area (Å²) in [5.74, 6) is 0.631. The van der Waals surface area contributed by atoms with Crippen LogP contribution < -0.4 is 15.4 Å². The van der Waals surface area contributed by atoms with Gasteiger partial charge in [0.1, 0.15) is 5.75 Å². The Morgan fingerprint density at radius 1 is 1.26 bits per heavy atom. The van der Waals surface area contributed by atoms with Crippen molar-refractivity contribution in [3.8, 4) is 5.75 Å². The Morgan fingerprint density at radius 2 is 2.05 bits per heavy atom. The molecule has 5 nitrogen and oxygen atoms in total. The van der Waals surface area contributed by atoms with E-state index in [0.717, 1.165) is 0 Å². The van der Waals surface area contributed by atoms with Gasteiger partial charge in [0.2, 0.25) is 0 Å². The van der Waals surface area contributed by atoms with Gasteiger partial charge in [-0.25, -0.2) is 4.79 Å². The smallest absolute Gasteiger partial charge is 0.321 e. The second-order valence-electron chi connectivity index (χ2n) is 3.62. The standard InChI is InChI=1S/C13H12ClN3O2/c14-10-3-5-12(6-4-10)19-9-16-13(18)17-11-2-1-7-15-8-11/h1-8H,9H2,(H2,16,17,18). The van der Waals surface area contributed by atoms with Crippen LogP contribution in [0.3, 0.4) is 0 Å². The van der Waals surface area contributed by atoms with Gasteiger partial charge in [-0.05, 0) is 36.4 Å². The van der Waals surface area contributed by atoms with Gasteiger partial charge in [0, 0.05) is 11.2 Å². The van der Waals surface area contributed by atoms with Crippen molar-refractivity contribution >= 4 is 23.3 Å². The summed E-state index contributed by atoms with van der Waals surface area (Å²) < 4.78 is 5.32. The molecule has 0 fully saturated rings. The van der Waals surface area contributed by atoms with E-state index in [4.69, 9.17) is 16.3 Å². The van der Waals surface area contributed by atoms with Gasteiger partial charge in [0.25, 0.3) is 0 Å². The lowest BCUT2D eigenvalue weighted by molar-refractivity contribution is 0.234. The number of urea groups is 1. The maximum Gasteiger partial charge on any atom is 0.321 e. The van der Waals surface area contributed by atoms with Gasteiger partial charge in [0.15, 0.2) is 6.73 Å². The Kier molecular flexibility index (Phi) is 4.58. The van der Waals surface area contributed by atoms with Crippen LogP contribution in [0.1, 0.15) is 0 Å². The Hall–Kier alpha value is -2.27. The monoisotopic (exact) mass is 277 g/mol. The summed E-state index contributed by atoms with van der Waals surface area (Å²) in [6.45, 7) is 0.0632.